The van der Waals surface area contributed by atoms with Gasteiger partial charge in [0.05, 0.1) is 0 Å². The second-order valence-electron chi connectivity index (χ2n) is 9.01. The summed E-state index contributed by atoms with van der Waals surface area (Å²) >= 11 is 0. The van der Waals surface area contributed by atoms with E-state index in [4.69, 9.17) is 20.6 Å². The fraction of sp³-hybridized carbons (Fsp3) is 0.400. The first kappa shape index (κ1) is 30.5. The number of hydrogen-bond acceptors (Lipinski definition) is 5. The molecular weight excluding hydrogens is 489 g/mol. The average molecular weight is 531 g/mol. The molecule has 1 fully saturated rings. The summed E-state index contributed by atoms with van der Waals surface area (Å²) in [6.07, 6.45) is 0. The summed E-state index contributed by atoms with van der Waals surface area (Å²) in [5.74, 6) is 0. The third kappa shape index (κ3) is 9.91. The minimum atomic E-state index is -2.60. The molecule has 0 amide bonds. The van der Waals surface area contributed by atoms with Crippen molar-refractivity contribution < 1.29 is 20.6 Å². The lowest BCUT2D eigenvalue weighted by Gasteiger charge is -2.46. The van der Waals surface area contributed by atoms with Crippen LogP contribution in [-0.4, -0.2) is 50.9 Å². The zero-order valence-corrected chi connectivity index (χ0v) is 26.7. The van der Waals surface area contributed by atoms with E-state index in [0.29, 0.717) is 0 Å². The maximum absolute atomic E-state index is 6.25. The first-order chi connectivity index (χ1) is 13.9. The molecule has 1 heterocycles. The molecule has 11 heteroatoms. The molecule has 0 aliphatic carbocycles. The van der Waals surface area contributed by atoms with E-state index < -0.39 is 50.9 Å². The molecule has 0 radical (unpaired) electrons. The van der Waals surface area contributed by atoms with Crippen LogP contribution in [0, 0.1) is 0 Å². The third-order valence-electron chi connectivity index (χ3n) is 4.61. The Morgan fingerprint density at radius 3 is 0.839 bits per heavy atom. The van der Waals surface area contributed by atoms with Crippen LogP contribution in [0.4, 0.5) is 0 Å². The zero-order chi connectivity index (χ0) is 24.8. The van der Waals surface area contributed by atoms with E-state index in [1.165, 1.54) is 0 Å². The van der Waals surface area contributed by atoms with E-state index in [1.54, 1.807) is 22.8 Å². The smallest absolute Gasteiger partial charge is 0.344 e. The minimum absolute atomic E-state index is 1.58. The second kappa shape index (κ2) is 11.1. The Kier molecular flexibility index (Phi) is 10.9. The van der Waals surface area contributed by atoms with Gasteiger partial charge in [-0.2, -0.15) is 0 Å². The predicted molar refractivity (Wildman–Crippen MR) is 148 cm³/mol. The quantitative estimate of drug-likeness (QED) is 0.354. The Balaban J connectivity index is 0.000000695. The van der Waals surface area contributed by atoms with E-state index >= 15 is 0 Å². The Morgan fingerprint density at radius 1 is 0.516 bits per heavy atom. The number of rotatable bonds is 8. The van der Waals surface area contributed by atoms with Crippen molar-refractivity contribution in [3.05, 3.63) is 73.7 Å². The van der Waals surface area contributed by atoms with Crippen molar-refractivity contribution >= 4 is 50.9 Å². The highest BCUT2D eigenvalue weighted by molar-refractivity contribution is 6.98. The maximum atomic E-state index is 6.25. The first-order valence-corrected chi connectivity index (χ1v) is 25.8. The van der Waals surface area contributed by atoms with Gasteiger partial charge < -0.3 is 20.6 Å². The van der Waals surface area contributed by atoms with Crippen LogP contribution >= 0.6 is 0 Å². The van der Waals surface area contributed by atoms with Crippen molar-refractivity contribution in [2.24, 2.45) is 0 Å². The highest BCUT2D eigenvalue weighted by atomic mass is 28.5. The summed E-state index contributed by atoms with van der Waals surface area (Å²) in [7, 11) is -13.6. The van der Waals surface area contributed by atoms with Gasteiger partial charge >= 0.3 is 34.2 Å². The minimum Gasteiger partial charge on any atom is -0.449 e. The van der Waals surface area contributed by atoms with Crippen LogP contribution in [0.5, 0.6) is 0 Å². The molecule has 1 rings (SSSR count). The summed E-state index contributed by atoms with van der Waals surface area (Å²) in [6.45, 7) is 39.3. The van der Waals surface area contributed by atoms with E-state index in [1.807, 2.05) is 37.6 Å². The zero-order valence-electron chi connectivity index (χ0n) is 20.7. The van der Waals surface area contributed by atoms with Crippen LogP contribution in [-0.2, 0) is 20.6 Å². The summed E-state index contributed by atoms with van der Waals surface area (Å²) in [6, 6.07) is 0. The Bertz CT molecular complexity index is 600. The molecule has 31 heavy (non-hydrogen) atoms. The van der Waals surface area contributed by atoms with E-state index in [2.05, 4.69) is 65.7 Å². The molecule has 0 aromatic rings. The molecule has 176 valence electrons. The molecule has 0 bridgehead atoms. The van der Waals surface area contributed by atoms with Gasteiger partial charge in [-0.1, -0.05) is 34.2 Å². The third-order valence-corrected chi connectivity index (χ3v) is 26.7. The topological polar surface area (TPSA) is 46.2 Å². The molecule has 1 aliphatic heterocycles. The fourth-order valence-electron chi connectivity index (χ4n) is 2.79. The SMILES string of the molecule is C=C[Si](C)(C)O[Si](C)(C)C=C.C=C[Si]1(C)O[Si](C)(C=C)O[Si](C)(C=C)O[Si](C)(C=C)O1. The molecule has 0 atom stereocenters. The summed E-state index contributed by atoms with van der Waals surface area (Å²) in [4.78, 5) is 0. The van der Waals surface area contributed by atoms with Crippen LogP contribution in [0.1, 0.15) is 0 Å². The standard InChI is InChI=1S/C12H24O4Si4.C8H18OSi2/c1-9-17(5)13-18(6,10-2)15-20(8,12-4)16-19(7,11-3)14-17;1-7-10(3,4)9-11(5,6)8-2/h9-12H,1-4H2,5-8H3;7-8H,1-2H2,3-6H3. The van der Waals surface area contributed by atoms with Gasteiger partial charge in [-0.25, -0.2) is 0 Å². The molecule has 1 aliphatic rings. The van der Waals surface area contributed by atoms with Gasteiger partial charge in [-0.15, -0.1) is 39.5 Å². The molecule has 0 saturated carbocycles. The van der Waals surface area contributed by atoms with E-state index in [9.17, 15) is 0 Å². The lowest BCUT2D eigenvalue weighted by atomic mass is 11.3. The van der Waals surface area contributed by atoms with Crippen molar-refractivity contribution in [1.29, 1.82) is 0 Å². The van der Waals surface area contributed by atoms with Crippen LogP contribution in [0.25, 0.3) is 0 Å². The fourth-order valence-corrected chi connectivity index (χ4v) is 26.6. The molecule has 0 unspecified atom stereocenters. The van der Waals surface area contributed by atoms with Gasteiger partial charge in [0, 0.05) is 0 Å². The maximum Gasteiger partial charge on any atom is 0.344 e. The van der Waals surface area contributed by atoms with Crippen LogP contribution in [0.15, 0.2) is 73.7 Å². The lowest BCUT2D eigenvalue weighted by molar-refractivity contribution is 0.250. The Labute approximate surface area is 197 Å². The van der Waals surface area contributed by atoms with Crippen LogP contribution in [0.3, 0.4) is 0 Å². The summed E-state index contributed by atoms with van der Waals surface area (Å²) in [5, 5.41) is 0. The molecule has 0 aromatic heterocycles. The average Bonchev–Trinajstić information content (AvgIpc) is 2.66. The summed E-state index contributed by atoms with van der Waals surface area (Å²) in [5.41, 5.74) is 10.9. The van der Waals surface area contributed by atoms with Gasteiger partial charge in [0.15, 0.2) is 16.6 Å². The van der Waals surface area contributed by atoms with Crippen molar-refractivity contribution in [3.63, 3.8) is 0 Å². The van der Waals surface area contributed by atoms with Gasteiger partial charge in [0.2, 0.25) is 0 Å². The Hall–Kier alpha value is -0.459. The summed E-state index contributed by atoms with van der Waals surface area (Å²) < 4.78 is 31.0. The molecule has 1 saturated heterocycles. The van der Waals surface area contributed by atoms with Crippen LogP contribution in [0.2, 0.25) is 52.4 Å². The molecule has 0 aromatic carbocycles. The molecule has 5 nitrogen and oxygen atoms in total. The van der Waals surface area contributed by atoms with Gasteiger partial charge in [-0.3, -0.25) is 0 Å². The highest BCUT2D eigenvalue weighted by Crippen LogP contribution is 2.32. The monoisotopic (exact) mass is 530 g/mol. The van der Waals surface area contributed by atoms with Crippen molar-refractivity contribution in [3.8, 4) is 0 Å². The normalized spacial score (nSPS) is 34.1. The number of hydrogen-bond donors (Lipinski definition) is 0. The lowest BCUT2D eigenvalue weighted by Crippen LogP contribution is -2.65. The first-order valence-electron chi connectivity index (χ1n) is 10.2. The van der Waals surface area contributed by atoms with Crippen molar-refractivity contribution in [2.45, 2.75) is 52.4 Å². The van der Waals surface area contributed by atoms with Crippen molar-refractivity contribution in [1.82, 2.24) is 0 Å². The Morgan fingerprint density at radius 2 is 0.710 bits per heavy atom. The second-order valence-corrected chi connectivity index (χ2v) is 30.1. The van der Waals surface area contributed by atoms with Gasteiger partial charge in [0.25, 0.3) is 0 Å². The molecular formula is C20H42O5Si6. The van der Waals surface area contributed by atoms with Gasteiger partial charge in [0.1, 0.15) is 0 Å². The highest BCUT2D eigenvalue weighted by Gasteiger charge is 2.53. The molecule has 0 spiro atoms. The predicted octanol–water partition coefficient (Wildman–Crippen LogP) is 6.12. The van der Waals surface area contributed by atoms with E-state index in [0.717, 1.165) is 0 Å². The molecule has 0 N–H and O–H groups in total. The van der Waals surface area contributed by atoms with Gasteiger partial charge in [-0.05, 0) is 52.4 Å². The van der Waals surface area contributed by atoms with Crippen molar-refractivity contribution in [2.75, 3.05) is 0 Å². The van der Waals surface area contributed by atoms with Crippen LogP contribution < -0.4 is 0 Å². The largest absolute Gasteiger partial charge is 0.449 e. The van der Waals surface area contributed by atoms with E-state index in [-0.39, 0.29) is 0 Å².